The van der Waals surface area contributed by atoms with E-state index in [0.717, 1.165) is 32.7 Å². The van der Waals surface area contributed by atoms with E-state index in [1.807, 2.05) is 48.5 Å². The zero-order valence-electron chi connectivity index (χ0n) is 17.5. The highest BCUT2D eigenvalue weighted by Crippen LogP contribution is 2.17. The van der Waals surface area contributed by atoms with Gasteiger partial charge in [0, 0.05) is 21.5 Å². The van der Waals surface area contributed by atoms with Gasteiger partial charge < -0.3 is 9.11 Å². The topological polar surface area (TPSA) is 114 Å². The van der Waals surface area contributed by atoms with Crippen LogP contribution in [0.3, 0.4) is 0 Å². The van der Waals surface area contributed by atoms with Crippen molar-refractivity contribution in [3.63, 3.8) is 0 Å². The Kier molecular flexibility index (Phi) is 10.0. The molecule has 0 aliphatic heterocycles. The number of hydrogen-bond donors (Lipinski definition) is 0. The maximum Gasteiger partial charge on any atom is 0.150 e. The van der Waals surface area contributed by atoms with Gasteiger partial charge in [0.15, 0.2) is 0 Å². The average molecular weight is 425 g/mol. The highest BCUT2D eigenvalue weighted by molar-refractivity contribution is 7.79. The van der Waals surface area contributed by atoms with Crippen LogP contribution < -0.4 is 8.97 Å². The summed E-state index contributed by atoms with van der Waals surface area (Å²) < 4.78 is 35.6. The van der Waals surface area contributed by atoms with E-state index in [-0.39, 0.29) is 0 Å². The molecule has 0 amide bonds. The molecule has 160 valence electrons. The zero-order valence-corrected chi connectivity index (χ0v) is 18.3. The van der Waals surface area contributed by atoms with Crippen molar-refractivity contribution in [2.45, 2.75) is 0 Å². The maximum absolute atomic E-state index is 10.4. The number of nitrogens with zero attached hydrogens (tertiary/aromatic N) is 2. The number of aldehydes is 2. The van der Waals surface area contributed by atoms with Gasteiger partial charge in [0.05, 0.1) is 42.3 Å². The molecule has 2 aromatic carbocycles. The van der Waals surface area contributed by atoms with Gasteiger partial charge in [0.25, 0.3) is 0 Å². The van der Waals surface area contributed by atoms with Gasteiger partial charge in [0.1, 0.15) is 23.9 Å². The highest BCUT2D eigenvalue weighted by atomic mass is 32.3. The summed E-state index contributed by atoms with van der Waals surface area (Å²) in [5.74, 6) is 0. The van der Waals surface area contributed by atoms with Crippen molar-refractivity contribution in [1.29, 1.82) is 0 Å². The van der Waals surface area contributed by atoms with E-state index in [0.29, 0.717) is 0 Å². The van der Waals surface area contributed by atoms with Crippen molar-refractivity contribution >= 4 is 34.3 Å². The van der Waals surface area contributed by atoms with Crippen LogP contribution in [0.2, 0.25) is 0 Å². The van der Waals surface area contributed by atoms with Gasteiger partial charge in [-0.3, -0.25) is 27.0 Å². The third kappa shape index (κ3) is 12.6. The second-order valence-electron chi connectivity index (χ2n) is 7.85. The van der Waals surface area contributed by atoms with Gasteiger partial charge >= 0.3 is 0 Å². The lowest BCUT2D eigenvalue weighted by atomic mass is 10.2. The normalized spacial score (nSPS) is 11.3. The molecule has 0 bridgehead atoms. The van der Waals surface area contributed by atoms with Gasteiger partial charge in [-0.05, 0) is 48.5 Å². The minimum Gasteiger partial charge on any atom is -0.759 e. The fraction of sp³-hybridized carbons (Fsp3) is 0.300. The molecule has 2 aromatic rings. The lowest BCUT2D eigenvalue weighted by Crippen LogP contribution is -2.34. The molecule has 29 heavy (non-hydrogen) atoms. The Morgan fingerprint density at radius 2 is 0.828 bits per heavy atom. The molecular formula is C20H28N2O6S. The largest absolute Gasteiger partial charge is 0.759 e. The number of benzene rings is 2. The van der Waals surface area contributed by atoms with Gasteiger partial charge in [-0.2, -0.15) is 0 Å². The summed E-state index contributed by atoms with van der Waals surface area (Å²) in [6, 6.07) is 15.3. The van der Waals surface area contributed by atoms with Crippen molar-refractivity contribution in [2.75, 3.05) is 42.3 Å². The maximum atomic E-state index is 10.4. The Morgan fingerprint density at radius 3 is 0.966 bits per heavy atom. The molecule has 0 unspecified atom stereocenters. The number of hydrogen-bond acceptors (Lipinski definition) is 6. The first-order valence-electron chi connectivity index (χ1n) is 8.49. The first-order valence-corrected chi connectivity index (χ1v) is 9.82. The number of quaternary nitrogens is 2. The van der Waals surface area contributed by atoms with Crippen molar-refractivity contribution in [1.82, 2.24) is 8.97 Å². The summed E-state index contributed by atoms with van der Waals surface area (Å²) in [5.41, 5.74) is 3.85. The highest BCUT2D eigenvalue weighted by Gasteiger charge is 2.11. The predicted octanol–water partition coefficient (Wildman–Crippen LogP) is 2.05. The first-order chi connectivity index (χ1) is 13.1. The van der Waals surface area contributed by atoms with E-state index >= 15 is 0 Å². The van der Waals surface area contributed by atoms with Crippen LogP contribution in [-0.4, -0.2) is 72.4 Å². The Balaban J connectivity index is 0.000000442. The van der Waals surface area contributed by atoms with Crippen LogP contribution in [0.15, 0.2) is 48.5 Å². The van der Waals surface area contributed by atoms with Crippen LogP contribution in [0.25, 0.3) is 0 Å². The van der Waals surface area contributed by atoms with Crippen LogP contribution in [0.5, 0.6) is 0 Å². The van der Waals surface area contributed by atoms with Crippen LogP contribution in [0.1, 0.15) is 20.7 Å². The van der Waals surface area contributed by atoms with Crippen LogP contribution in [0.4, 0.5) is 11.4 Å². The Bertz CT molecular complexity index is 809. The summed E-state index contributed by atoms with van der Waals surface area (Å²) in [7, 11) is 7.39. The molecule has 0 spiro atoms. The van der Waals surface area contributed by atoms with E-state index < -0.39 is 10.4 Å². The fourth-order valence-corrected chi connectivity index (χ4v) is 2.00. The SMILES string of the molecule is C[N+](C)(C)c1ccc(C=O)cc1.C[N+](C)(C)c1ccc(C=O)cc1.O=S(=O)([O-])[O-]. The number of rotatable bonds is 4. The molecule has 2 rings (SSSR count). The van der Waals surface area contributed by atoms with E-state index in [9.17, 15) is 9.59 Å². The quantitative estimate of drug-likeness (QED) is 0.321. The molecule has 8 nitrogen and oxygen atoms in total. The second kappa shape index (κ2) is 10.9. The molecule has 0 N–H and O–H groups in total. The lowest BCUT2D eigenvalue weighted by molar-refractivity contribution is 0.111. The van der Waals surface area contributed by atoms with Crippen molar-refractivity contribution in [3.05, 3.63) is 59.7 Å². The van der Waals surface area contributed by atoms with E-state index in [1.54, 1.807) is 0 Å². The van der Waals surface area contributed by atoms with E-state index in [1.165, 1.54) is 11.4 Å². The summed E-state index contributed by atoms with van der Waals surface area (Å²) in [6.45, 7) is 0. The fourth-order valence-electron chi connectivity index (χ4n) is 2.00. The third-order valence-corrected chi connectivity index (χ3v) is 3.61. The average Bonchev–Trinajstić information content (AvgIpc) is 2.59. The predicted molar refractivity (Wildman–Crippen MR) is 113 cm³/mol. The van der Waals surface area contributed by atoms with Gasteiger partial charge in [0.2, 0.25) is 0 Å². The van der Waals surface area contributed by atoms with E-state index in [2.05, 4.69) is 42.3 Å². The summed E-state index contributed by atoms with van der Waals surface area (Å²) in [5, 5.41) is 0. The Labute approximate surface area is 172 Å². The van der Waals surface area contributed by atoms with E-state index in [4.69, 9.17) is 17.5 Å². The van der Waals surface area contributed by atoms with Crippen molar-refractivity contribution in [2.24, 2.45) is 0 Å². The molecule has 0 atom stereocenters. The first kappa shape index (κ1) is 26.6. The molecule has 0 heterocycles. The van der Waals surface area contributed by atoms with Gasteiger partial charge in [-0.1, -0.05) is 0 Å². The molecule has 0 saturated carbocycles. The number of carbonyl (C=O) groups excluding carboxylic acids is 2. The van der Waals surface area contributed by atoms with Gasteiger partial charge in [-0.15, -0.1) is 0 Å². The number of carbonyl (C=O) groups is 2. The monoisotopic (exact) mass is 424 g/mol. The van der Waals surface area contributed by atoms with Crippen molar-refractivity contribution in [3.8, 4) is 0 Å². The standard InChI is InChI=1S/2C10H14NO.H2O4S/c2*1-11(2,3)10-6-4-9(8-12)5-7-10;1-5(2,3)4/h2*4-8H,1-3H3;(H2,1,2,3,4)/q2*+1;/p-2. The smallest absolute Gasteiger partial charge is 0.150 e. The summed E-state index contributed by atoms with van der Waals surface area (Å²) in [6.07, 6.45) is 1.72. The molecule has 9 heteroatoms. The Morgan fingerprint density at radius 1 is 0.621 bits per heavy atom. The zero-order chi connectivity index (χ0) is 22.9. The van der Waals surface area contributed by atoms with Crippen molar-refractivity contribution < 1.29 is 27.1 Å². The minimum absolute atomic E-state index is 0.729. The van der Waals surface area contributed by atoms with Crippen LogP contribution in [-0.2, 0) is 10.4 Å². The summed E-state index contributed by atoms with van der Waals surface area (Å²) in [4.78, 5) is 20.7. The molecule has 0 saturated heterocycles. The third-order valence-electron chi connectivity index (χ3n) is 3.61. The molecule has 0 fully saturated rings. The minimum atomic E-state index is -5.17. The Hall–Kier alpha value is -2.43. The van der Waals surface area contributed by atoms with Crippen LogP contribution in [0, 0.1) is 0 Å². The van der Waals surface area contributed by atoms with Gasteiger partial charge in [-0.25, -0.2) is 0 Å². The molecule has 0 radical (unpaired) electrons. The lowest BCUT2D eigenvalue weighted by Gasteiger charge is -2.23. The van der Waals surface area contributed by atoms with Crippen LogP contribution >= 0.6 is 0 Å². The molecule has 0 aliphatic rings. The second-order valence-corrected chi connectivity index (χ2v) is 8.67. The molecular weight excluding hydrogens is 396 g/mol. The molecule has 0 aliphatic carbocycles. The molecule has 0 aromatic heterocycles. The summed E-state index contributed by atoms with van der Waals surface area (Å²) >= 11 is 0.